The fourth-order valence-electron chi connectivity index (χ4n) is 7.07. The van der Waals surface area contributed by atoms with Gasteiger partial charge in [0.25, 0.3) is 6.09 Å². The lowest BCUT2D eigenvalue weighted by molar-refractivity contribution is -0.793. The second-order valence-corrected chi connectivity index (χ2v) is 13.5. The molecule has 14 heteroatoms. The maximum atomic E-state index is 15.3. The van der Waals surface area contributed by atoms with Gasteiger partial charge in [-0.1, -0.05) is 36.4 Å². The lowest BCUT2D eigenvalue weighted by atomic mass is 9.80. The number of nitrogens with zero attached hydrogens (tertiary/aromatic N) is 4. The Hall–Kier alpha value is -5.65. The maximum Gasteiger partial charge on any atom is 0.337 e. The molecule has 1 aromatic heterocycles. The van der Waals surface area contributed by atoms with Crippen molar-refractivity contribution in [2.45, 2.75) is 35.9 Å². The van der Waals surface area contributed by atoms with Crippen molar-refractivity contribution in [1.29, 1.82) is 5.26 Å². The summed E-state index contributed by atoms with van der Waals surface area (Å²) in [5, 5.41) is 27.6. The van der Waals surface area contributed by atoms with Gasteiger partial charge in [-0.2, -0.15) is 17.6 Å². The Morgan fingerprint density at radius 3 is 2.37 bits per heavy atom. The maximum absolute atomic E-state index is 15.3. The van der Waals surface area contributed by atoms with Crippen molar-refractivity contribution in [1.82, 2.24) is 4.98 Å². The lowest BCUT2D eigenvalue weighted by Crippen LogP contribution is -2.77. The number of aromatic nitrogens is 1. The minimum atomic E-state index is -5.13. The van der Waals surface area contributed by atoms with Gasteiger partial charge in [0, 0.05) is 35.4 Å². The quantitative estimate of drug-likeness (QED) is 0.256. The molecule has 0 radical (unpaired) electrons. The number of amides is 2. The third-order valence-corrected chi connectivity index (χ3v) is 11.4. The van der Waals surface area contributed by atoms with E-state index in [0.29, 0.717) is 28.3 Å². The number of hydrogen-bond donors (Lipinski definition) is 1. The van der Waals surface area contributed by atoms with Crippen molar-refractivity contribution in [3.63, 3.8) is 0 Å². The van der Waals surface area contributed by atoms with E-state index in [1.165, 1.54) is 44.8 Å². The highest BCUT2D eigenvalue weighted by molar-refractivity contribution is 7.86. The van der Waals surface area contributed by atoms with Gasteiger partial charge in [-0.05, 0) is 48.9 Å². The molecule has 1 N–H and O–H groups in total. The van der Waals surface area contributed by atoms with Crippen molar-refractivity contribution in [2.24, 2.45) is 0 Å². The minimum absolute atomic E-state index is 0.190. The van der Waals surface area contributed by atoms with Crippen LogP contribution in [0.3, 0.4) is 0 Å². The molecule has 2 amide bonds. The van der Waals surface area contributed by atoms with Crippen LogP contribution in [0.2, 0.25) is 0 Å². The Morgan fingerprint density at radius 2 is 1.71 bits per heavy atom. The van der Waals surface area contributed by atoms with E-state index in [4.69, 9.17) is 14.2 Å². The number of benzene rings is 3. The molecule has 4 aromatic rings. The van der Waals surface area contributed by atoms with Crippen LogP contribution in [0.15, 0.2) is 96.2 Å². The Bertz CT molecular complexity index is 2050. The number of nitriles is 1. The Morgan fingerprint density at radius 1 is 1.02 bits per heavy atom. The third-order valence-electron chi connectivity index (χ3n) is 9.10. The molecule has 2 aliphatic heterocycles. The predicted octanol–water partition coefficient (Wildman–Crippen LogP) is 3.60. The fraction of sp³-hybridized carbons (Fsp3) is 0.257. The minimum Gasteiger partial charge on any atom is -0.497 e. The van der Waals surface area contributed by atoms with Gasteiger partial charge in [-0.15, -0.1) is 0 Å². The zero-order chi connectivity index (χ0) is 34.9. The molecule has 13 nitrogen and oxygen atoms in total. The number of methoxy groups -OCH3 is 2. The molecule has 5 atom stereocenters. The number of carbonyl (C=O) groups excluding carboxylic acids is 2. The lowest BCUT2D eigenvalue weighted by Gasteiger charge is -2.55. The topological polar surface area (TPSA) is 171 Å². The van der Waals surface area contributed by atoms with Crippen LogP contribution in [0.1, 0.15) is 30.0 Å². The van der Waals surface area contributed by atoms with Crippen molar-refractivity contribution in [2.75, 3.05) is 37.6 Å². The summed E-state index contributed by atoms with van der Waals surface area (Å²) in [6.07, 6.45) is 1.00. The molecule has 0 bridgehead atoms. The molecule has 252 valence electrons. The molecular weight excluding hydrogens is 650 g/mol. The van der Waals surface area contributed by atoms with Crippen LogP contribution in [0.5, 0.6) is 17.2 Å². The summed E-state index contributed by atoms with van der Waals surface area (Å²) in [5.41, 5.74) is 1.61. The molecular formula is C35H33N5O8S. The molecule has 0 saturated carbocycles. The van der Waals surface area contributed by atoms with Gasteiger partial charge in [-0.25, -0.2) is 0 Å². The molecule has 5 unspecified atom stereocenters. The van der Waals surface area contributed by atoms with Crippen LogP contribution in [0.4, 0.5) is 16.2 Å². The smallest absolute Gasteiger partial charge is 0.337 e. The molecule has 1 saturated heterocycles. The predicted molar refractivity (Wildman–Crippen MR) is 175 cm³/mol. The summed E-state index contributed by atoms with van der Waals surface area (Å²) < 4.78 is 45.6. The molecule has 3 heterocycles. The van der Waals surface area contributed by atoms with Gasteiger partial charge in [0.2, 0.25) is 5.91 Å². The van der Waals surface area contributed by atoms with Crippen LogP contribution in [-0.4, -0.2) is 68.7 Å². The number of anilines is 2. The summed E-state index contributed by atoms with van der Waals surface area (Å²) in [7, 11) is -2.50. The number of carboxylic acid groups (broad SMARTS) is 1. The van der Waals surface area contributed by atoms with E-state index in [0.717, 1.165) is 0 Å². The number of nitrogens with one attached hydrogen (secondary N) is 1. The van der Waals surface area contributed by atoms with E-state index < -0.39 is 61.4 Å². The second kappa shape index (κ2) is 13.1. The van der Waals surface area contributed by atoms with E-state index in [-0.39, 0.29) is 18.1 Å². The third kappa shape index (κ3) is 5.27. The van der Waals surface area contributed by atoms with Crippen molar-refractivity contribution in [3.05, 3.63) is 102 Å². The monoisotopic (exact) mass is 683 g/mol. The number of quaternary nitrogens is 1. The molecule has 6 rings (SSSR count). The number of para-hydroxylation sites is 2. The highest BCUT2D eigenvalue weighted by Crippen LogP contribution is 2.54. The average molecular weight is 684 g/mol. The van der Waals surface area contributed by atoms with Crippen molar-refractivity contribution in [3.8, 4) is 23.3 Å². The van der Waals surface area contributed by atoms with Crippen LogP contribution >= 0.6 is 0 Å². The normalized spacial score (nSPS) is 23.1. The molecule has 49 heavy (non-hydrogen) atoms. The first-order valence-corrected chi connectivity index (χ1v) is 16.8. The Labute approximate surface area is 283 Å². The van der Waals surface area contributed by atoms with Crippen LogP contribution in [0, 0.1) is 11.3 Å². The summed E-state index contributed by atoms with van der Waals surface area (Å²) >= 11 is 0. The number of carbonyl (C=O) groups is 2. The van der Waals surface area contributed by atoms with E-state index in [1.807, 2.05) is 0 Å². The molecule has 1 fully saturated rings. The van der Waals surface area contributed by atoms with Gasteiger partial charge in [0.05, 0.1) is 26.9 Å². The van der Waals surface area contributed by atoms with Gasteiger partial charge in [0.1, 0.15) is 35.8 Å². The highest BCUT2D eigenvalue weighted by Gasteiger charge is 2.67. The summed E-state index contributed by atoms with van der Waals surface area (Å²) in [5.74, 6) is -1.59. The SMILES string of the molecule is CCOc1ccccc1C1C(C2C(=O)Nc3ccccc32)[N+](C(=O)[O-])(S(=O)(=O)c2ccc(OC)cc2OC)CC(C#N)N1c1ccncc1. The first kappa shape index (κ1) is 33.3. The number of sulfonamides is 1. The summed E-state index contributed by atoms with van der Waals surface area (Å²) in [4.78, 5) is 33.5. The molecule has 0 spiro atoms. The summed E-state index contributed by atoms with van der Waals surface area (Å²) in [6, 6.07) is 18.5. The van der Waals surface area contributed by atoms with Crippen LogP contribution < -0.4 is 29.5 Å². The number of fused-ring (bicyclic) bond motifs is 1. The molecule has 0 aliphatic carbocycles. The van der Waals surface area contributed by atoms with Gasteiger partial charge < -0.3 is 34.3 Å². The number of piperazine rings is 1. The van der Waals surface area contributed by atoms with E-state index in [2.05, 4.69) is 16.4 Å². The fourth-order valence-corrected chi connectivity index (χ4v) is 9.15. The van der Waals surface area contributed by atoms with Crippen LogP contribution in [-0.2, 0) is 14.8 Å². The number of rotatable bonds is 9. The van der Waals surface area contributed by atoms with E-state index in [1.54, 1.807) is 72.5 Å². The van der Waals surface area contributed by atoms with Gasteiger partial charge in [0.15, 0.2) is 17.0 Å². The number of hydrogen-bond acceptors (Lipinski definition) is 11. The van der Waals surface area contributed by atoms with Crippen LogP contribution in [0.25, 0.3) is 0 Å². The highest BCUT2D eigenvalue weighted by atomic mass is 32.2. The first-order chi connectivity index (χ1) is 23.6. The van der Waals surface area contributed by atoms with E-state index in [9.17, 15) is 20.0 Å². The Kier molecular flexibility index (Phi) is 8.89. The standard InChI is InChI=1S/C35H33N5O8S/c1-4-48-28-12-8-6-10-26(28)32-33(31-25-9-5-7-11-27(25)38-34(31)41)40(35(42)43,21-23(20-36)39(32)22-15-17-37-18-16-22)49(44,45)30-14-13-24(46-2)19-29(30)47-3/h5-19,23,31-33H,4,21H2,1-3H3,(H-,38,41,42,43). The summed E-state index contributed by atoms with van der Waals surface area (Å²) in [6.45, 7) is 1.18. The molecule has 3 aromatic carbocycles. The van der Waals surface area contributed by atoms with E-state index >= 15 is 8.42 Å². The van der Waals surface area contributed by atoms with Crippen molar-refractivity contribution < 1.29 is 41.2 Å². The largest absolute Gasteiger partial charge is 0.497 e. The van der Waals surface area contributed by atoms with Crippen molar-refractivity contribution >= 4 is 33.4 Å². The zero-order valence-corrected chi connectivity index (χ0v) is 27.7. The first-order valence-electron chi connectivity index (χ1n) is 15.4. The number of pyridine rings is 1. The Balaban J connectivity index is 1.77. The average Bonchev–Trinajstić information content (AvgIpc) is 3.45. The second-order valence-electron chi connectivity index (χ2n) is 11.5. The van der Waals surface area contributed by atoms with Gasteiger partial charge >= 0.3 is 10.0 Å². The molecule has 2 aliphatic rings. The zero-order valence-electron chi connectivity index (χ0n) is 26.8. The number of ether oxygens (including phenoxy) is 3. The van der Waals surface area contributed by atoms with Gasteiger partial charge in [-0.3, -0.25) is 9.78 Å².